The molecular formula is C13H12ClN. The maximum absolute atomic E-state index is 5.85. The summed E-state index contributed by atoms with van der Waals surface area (Å²) in [5.74, 6) is 0. The van der Waals surface area contributed by atoms with Crippen LogP contribution in [0.5, 0.6) is 0 Å². The van der Waals surface area contributed by atoms with Crippen LogP contribution >= 0.6 is 11.6 Å². The lowest BCUT2D eigenvalue weighted by Gasteiger charge is -2.03. The number of aromatic nitrogens is 1. The highest BCUT2D eigenvalue weighted by Crippen LogP contribution is 2.21. The Hall–Kier alpha value is -1.34. The van der Waals surface area contributed by atoms with E-state index in [1.165, 1.54) is 11.1 Å². The summed E-state index contributed by atoms with van der Waals surface area (Å²) < 4.78 is 0. The van der Waals surface area contributed by atoms with Crippen LogP contribution in [0.1, 0.15) is 12.6 Å². The minimum Gasteiger partial charge on any atom is -0.261 e. The van der Waals surface area contributed by atoms with E-state index < -0.39 is 0 Å². The molecule has 1 aromatic heterocycles. The van der Waals surface area contributed by atoms with E-state index in [0.29, 0.717) is 0 Å². The molecule has 1 nitrogen and oxygen atoms in total. The number of hydrogen-bond donors (Lipinski definition) is 0. The van der Waals surface area contributed by atoms with Gasteiger partial charge < -0.3 is 0 Å². The maximum atomic E-state index is 5.85. The summed E-state index contributed by atoms with van der Waals surface area (Å²) in [6.07, 6.45) is 2.81. The normalized spacial score (nSPS) is 10.3. The van der Waals surface area contributed by atoms with E-state index in [1.807, 2.05) is 36.5 Å². The third-order valence-corrected chi connectivity index (χ3v) is 2.61. The second-order valence-electron chi connectivity index (χ2n) is 3.40. The fourth-order valence-corrected chi connectivity index (χ4v) is 1.62. The maximum Gasteiger partial charge on any atom is 0.0407 e. The zero-order chi connectivity index (χ0) is 10.7. The molecule has 1 aromatic carbocycles. The molecule has 2 aromatic rings. The van der Waals surface area contributed by atoms with Gasteiger partial charge in [-0.25, -0.2) is 0 Å². The molecule has 0 radical (unpaired) electrons. The standard InChI is InChI=1S/C13H12ClN/c1-2-13-9-11(7-8-15-13)10-3-5-12(14)6-4-10/h3-9H,2H2,1H3. The first-order chi connectivity index (χ1) is 7.29. The molecule has 1 heterocycles. The van der Waals surface area contributed by atoms with Crippen molar-refractivity contribution in [3.05, 3.63) is 53.3 Å². The number of rotatable bonds is 2. The zero-order valence-corrected chi connectivity index (χ0v) is 9.33. The largest absolute Gasteiger partial charge is 0.261 e. The fourth-order valence-electron chi connectivity index (χ4n) is 1.49. The lowest BCUT2D eigenvalue weighted by molar-refractivity contribution is 1.04. The van der Waals surface area contributed by atoms with E-state index in [9.17, 15) is 0 Å². The van der Waals surface area contributed by atoms with Crippen molar-refractivity contribution in [1.82, 2.24) is 4.98 Å². The van der Waals surface area contributed by atoms with E-state index in [2.05, 4.69) is 18.0 Å². The van der Waals surface area contributed by atoms with E-state index in [-0.39, 0.29) is 0 Å². The second-order valence-corrected chi connectivity index (χ2v) is 3.83. The predicted octanol–water partition coefficient (Wildman–Crippen LogP) is 3.96. The van der Waals surface area contributed by atoms with Gasteiger partial charge in [-0.2, -0.15) is 0 Å². The number of pyridine rings is 1. The number of halogens is 1. The van der Waals surface area contributed by atoms with Gasteiger partial charge in [0.05, 0.1) is 0 Å². The first-order valence-electron chi connectivity index (χ1n) is 5.00. The second kappa shape index (κ2) is 4.45. The lowest BCUT2D eigenvalue weighted by atomic mass is 10.1. The van der Waals surface area contributed by atoms with Crippen molar-refractivity contribution in [2.45, 2.75) is 13.3 Å². The number of nitrogens with zero attached hydrogens (tertiary/aromatic N) is 1. The van der Waals surface area contributed by atoms with Gasteiger partial charge in [0, 0.05) is 16.9 Å². The molecule has 0 aliphatic rings. The highest BCUT2D eigenvalue weighted by Gasteiger charge is 1.98. The van der Waals surface area contributed by atoms with E-state index in [4.69, 9.17) is 11.6 Å². The minimum absolute atomic E-state index is 0.767. The van der Waals surface area contributed by atoms with Gasteiger partial charge in [-0.05, 0) is 41.8 Å². The Morgan fingerprint density at radius 2 is 1.80 bits per heavy atom. The van der Waals surface area contributed by atoms with E-state index in [0.717, 1.165) is 17.1 Å². The third-order valence-electron chi connectivity index (χ3n) is 2.36. The van der Waals surface area contributed by atoms with Gasteiger partial charge in [-0.15, -0.1) is 0 Å². The van der Waals surface area contributed by atoms with Gasteiger partial charge >= 0.3 is 0 Å². The van der Waals surface area contributed by atoms with Gasteiger partial charge in [0.25, 0.3) is 0 Å². The Balaban J connectivity index is 2.40. The molecule has 2 heteroatoms. The highest BCUT2D eigenvalue weighted by atomic mass is 35.5. The molecule has 0 aliphatic heterocycles. The van der Waals surface area contributed by atoms with Crippen molar-refractivity contribution in [2.24, 2.45) is 0 Å². The van der Waals surface area contributed by atoms with Crippen molar-refractivity contribution in [2.75, 3.05) is 0 Å². The third kappa shape index (κ3) is 2.37. The molecule has 76 valence electrons. The quantitative estimate of drug-likeness (QED) is 0.742. The Kier molecular flexibility index (Phi) is 3.02. The summed E-state index contributed by atoms with van der Waals surface area (Å²) >= 11 is 5.85. The zero-order valence-electron chi connectivity index (χ0n) is 8.57. The summed E-state index contributed by atoms with van der Waals surface area (Å²) in [6, 6.07) is 12.0. The van der Waals surface area contributed by atoms with E-state index in [1.54, 1.807) is 0 Å². The first-order valence-corrected chi connectivity index (χ1v) is 5.38. The SMILES string of the molecule is CCc1cc(-c2ccc(Cl)cc2)ccn1. The summed E-state index contributed by atoms with van der Waals surface area (Å²) in [4.78, 5) is 4.27. The molecule has 0 saturated carbocycles. The lowest BCUT2D eigenvalue weighted by Crippen LogP contribution is -1.86. The van der Waals surface area contributed by atoms with Crippen LogP contribution in [0, 0.1) is 0 Å². The van der Waals surface area contributed by atoms with Gasteiger partial charge in [-0.3, -0.25) is 4.98 Å². The van der Waals surface area contributed by atoms with Crippen LogP contribution < -0.4 is 0 Å². The fraction of sp³-hybridized carbons (Fsp3) is 0.154. The number of benzene rings is 1. The average molecular weight is 218 g/mol. The molecular weight excluding hydrogens is 206 g/mol. The Bertz CT molecular complexity index is 448. The summed E-state index contributed by atoms with van der Waals surface area (Å²) in [5, 5.41) is 0.767. The molecule has 0 unspecified atom stereocenters. The predicted molar refractivity (Wildman–Crippen MR) is 64.1 cm³/mol. The number of hydrogen-bond acceptors (Lipinski definition) is 1. The van der Waals surface area contributed by atoms with Gasteiger partial charge in [0.2, 0.25) is 0 Å². The Morgan fingerprint density at radius 3 is 2.47 bits per heavy atom. The molecule has 2 rings (SSSR count). The summed E-state index contributed by atoms with van der Waals surface area (Å²) in [5.41, 5.74) is 3.48. The van der Waals surface area contributed by atoms with Crippen molar-refractivity contribution < 1.29 is 0 Å². The topological polar surface area (TPSA) is 12.9 Å². The van der Waals surface area contributed by atoms with Gasteiger partial charge in [0.1, 0.15) is 0 Å². The van der Waals surface area contributed by atoms with Crippen molar-refractivity contribution in [1.29, 1.82) is 0 Å². The van der Waals surface area contributed by atoms with Crippen LogP contribution in [-0.2, 0) is 6.42 Å². The van der Waals surface area contributed by atoms with Crippen LogP contribution in [-0.4, -0.2) is 4.98 Å². The van der Waals surface area contributed by atoms with Crippen molar-refractivity contribution >= 4 is 11.6 Å². The molecule has 0 spiro atoms. The summed E-state index contributed by atoms with van der Waals surface area (Å²) in [7, 11) is 0. The van der Waals surface area contributed by atoms with Crippen LogP contribution in [0.25, 0.3) is 11.1 Å². The molecule has 0 N–H and O–H groups in total. The van der Waals surface area contributed by atoms with Crippen LogP contribution in [0.4, 0.5) is 0 Å². The Morgan fingerprint density at radius 1 is 1.07 bits per heavy atom. The summed E-state index contributed by atoms with van der Waals surface area (Å²) in [6.45, 7) is 2.11. The average Bonchev–Trinajstić information content (AvgIpc) is 2.30. The molecule has 15 heavy (non-hydrogen) atoms. The smallest absolute Gasteiger partial charge is 0.0407 e. The van der Waals surface area contributed by atoms with Crippen LogP contribution in [0.2, 0.25) is 5.02 Å². The van der Waals surface area contributed by atoms with Gasteiger partial charge in [0.15, 0.2) is 0 Å². The van der Waals surface area contributed by atoms with Crippen molar-refractivity contribution in [3.63, 3.8) is 0 Å². The van der Waals surface area contributed by atoms with Crippen LogP contribution in [0.3, 0.4) is 0 Å². The monoisotopic (exact) mass is 217 g/mol. The molecule has 0 bridgehead atoms. The highest BCUT2D eigenvalue weighted by molar-refractivity contribution is 6.30. The molecule has 0 fully saturated rings. The minimum atomic E-state index is 0.767. The Labute approximate surface area is 94.7 Å². The van der Waals surface area contributed by atoms with Crippen LogP contribution in [0.15, 0.2) is 42.6 Å². The molecule has 0 saturated heterocycles. The van der Waals surface area contributed by atoms with Crippen molar-refractivity contribution in [3.8, 4) is 11.1 Å². The first kappa shape index (κ1) is 10.2. The number of aryl methyl sites for hydroxylation is 1. The molecule has 0 aliphatic carbocycles. The molecule has 0 amide bonds. The van der Waals surface area contributed by atoms with Gasteiger partial charge in [-0.1, -0.05) is 30.7 Å². The van der Waals surface area contributed by atoms with E-state index >= 15 is 0 Å². The molecule has 0 atom stereocenters.